The summed E-state index contributed by atoms with van der Waals surface area (Å²) in [6.45, 7) is 2.28. The maximum absolute atomic E-state index is 12.5. The first kappa shape index (κ1) is 15.3. The van der Waals surface area contributed by atoms with Crippen LogP contribution in [0.4, 0.5) is 0 Å². The molecule has 0 amide bonds. The van der Waals surface area contributed by atoms with Crippen LogP contribution in [-0.4, -0.2) is 37.0 Å². The van der Waals surface area contributed by atoms with Crippen LogP contribution in [0, 0.1) is 17.2 Å². The summed E-state index contributed by atoms with van der Waals surface area (Å²) in [5.41, 5.74) is 0.235. The standard InChI is InChI=1S/C13H15ClN2O3S/c1-9-4-5-16(8-12(9)17)20(18,19)13-6-10(7-15)2-3-11(13)14/h2-3,6,9,12,17H,4-5,8H2,1H3. The molecule has 1 fully saturated rings. The van der Waals surface area contributed by atoms with Gasteiger partial charge in [0.1, 0.15) is 4.90 Å². The zero-order valence-corrected chi connectivity index (χ0v) is 12.5. The third-order valence-electron chi connectivity index (χ3n) is 3.56. The van der Waals surface area contributed by atoms with E-state index in [4.69, 9.17) is 16.9 Å². The van der Waals surface area contributed by atoms with Crippen molar-refractivity contribution in [2.75, 3.05) is 13.1 Å². The van der Waals surface area contributed by atoms with Gasteiger partial charge in [-0.05, 0) is 30.5 Å². The molecule has 0 saturated carbocycles. The third kappa shape index (κ3) is 2.81. The van der Waals surface area contributed by atoms with Crippen LogP contribution in [0.1, 0.15) is 18.9 Å². The summed E-state index contributed by atoms with van der Waals surface area (Å²) >= 11 is 5.94. The lowest BCUT2D eigenvalue weighted by atomic mass is 9.98. The van der Waals surface area contributed by atoms with Crippen LogP contribution in [0.5, 0.6) is 0 Å². The molecule has 108 valence electrons. The summed E-state index contributed by atoms with van der Waals surface area (Å²) in [7, 11) is -3.79. The second kappa shape index (κ2) is 5.70. The van der Waals surface area contributed by atoms with Crippen molar-refractivity contribution in [2.45, 2.75) is 24.3 Å². The van der Waals surface area contributed by atoms with Crippen LogP contribution in [0.3, 0.4) is 0 Å². The normalized spacial score (nSPS) is 24.3. The Kier molecular flexibility index (Phi) is 4.35. The van der Waals surface area contributed by atoms with Gasteiger partial charge in [0.15, 0.2) is 0 Å². The van der Waals surface area contributed by atoms with Crippen molar-refractivity contribution in [2.24, 2.45) is 5.92 Å². The van der Waals surface area contributed by atoms with Crippen molar-refractivity contribution < 1.29 is 13.5 Å². The molecule has 2 rings (SSSR count). The minimum atomic E-state index is -3.79. The molecule has 1 aliphatic heterocycles. The molecule has 0 spiro atoms. The Bertz CT molecular complexity index is 654. The van der Waals surface area contributed by atoms with Crippen molar-refractivity contribution >= 4 is 21.6 Å². The van der Waals surface area contributed by atoms with E-state index in [0.29, 0.717) is 13.0 Å². The zero-order valence-electron chi connectivity index (χ0n) is 11.0. The number of piperidine rings is 1. The van der Waals surface area contributed by atoms with E-state index in [1.807, 2.05) is 13.0 Å². The highest BCUT2D eigenvalue weighted by atomic mass is 35.5. The molecule has 5 nitrogen and oxygen atoms in total. The molecule has 20 heavy (non-hydrogen) atoms. The van der Waals surface area contributed by atoms with Crippen LogP contribution >= 0.6 is 11.6 Å². The molecule has 0 aromatic heterocycles. The quantitative estimate of drug-likeness (QED) is 0.899. The summed E-state index contributed by atoms with van der Waals surface area (Å²) in [6.07, 6.45) is -0.0906. The Morgan fingerprint density at radius 1 is 1.50 bits per heavy atom. The smallest absolute Gasteiger partial charge is 0.244 e. The van der Waals surface area contributed by atoms with Crippen molar-refractivity contribution in [1.82, 2.24) is 4.31 Å². The molecule has 0 radical (unpaired) electrons. The SMILES string of the molecule is CC1CCN(S(=O)(=O)c2cc(C#N)ccc2Cl)CC1O. The molecule has 1 saturated heterocycles. The Morgan fingerprint density at radius 3 is 2.80 bits per heavy atom. The zero-order chi connectivity index (χ0) is 14.9. The minimum absolute atomic E-state index is 0.0522. The topological polar surface area (TPSA) is 81.4 Å². The average molecular weight is 315 g/mol. The molecule has 1 N–H and O–H groups in total. The summed E-state index contributed by atoms with van der Waals surface area (Å²) in [5, 5.41) is 18.8. The number of nitriles is 1. The van der Waals surface area contributed by atoms with E-state index in [9.17, 15) is 13.5 Å². The van der Waals surface area contributed by atoms with Gasteiger partial charge in [-0.25, -0.2) is 8.42 Å². The van der Waals surface area contributed by atoms with Gasteiger partial charge in [-0.15, -0.1) is 0 Å². The molecule has 1 aliphatic rings. The van der Waals surface area contributed by atoms with Crippen molar-refractivity contribution in [3.05, 3.63) is 28.8 Å². The van der Waals surface area contributed by atoms with Gasteiger partial charge in [0, 0.05) is 13.1 Å². The largest absolute Gasteiger partial charge is 0.391 e. The number of aliphatic hydroxyl groups excluding tert-OH is 1. The minimum Gasteiger partial charge on any atom is -0.391 e. The molecule has 1 aromatic carbocycles. The molecule has 0 bridgehead atoms. The molecule has 2 atom stereocenters. The van der Waals surface area contributed by atoms with Gasteiger partial charge in [0.05, 0.1) is 22.8 Å². The van der Waals surface area contributed by atoms with Crippen molar-refractivity contribution in [3.63, 3.8) is 0 Å². The fraction of sp³-hybridized carbons (Fsp3) is 0.462. The Balaban J connectivity index is 2.38. The predicted octanol–water partition coefficient (Wildman–Crippen LogP) is 1.60. The molecule has 1 aromatic rings. The van der Waals surface area contributed by atoms with Gasteiger partial charge in [0.2, 0.25) is 10.0 Å². The lowest BCUT2D eigenvalue weighted by molar-refractivity contribution is 0.0605. The number of aliphatic hydroxyl groups is 1. The molecule has 1 heterocycles. The molecular formula is C13H15ClN2O3S. The van der Waals surface area contributed by atoms with E-state index >= 15 is 0 Å². The van der Waals surface area contributed by atoms with Gasteiger partial charge in [-0.2, -0.15) is 9.57 Å². The van der Waals surface area contributed by atoms with Crippen LogP contribution in [0.15, 0.2) is 23.1 Å². The van der Waals surface area contributed by atoms with E-state index < -0.39 is 16.1 Å². The van der Waals surface area contributed by atoms with E-state index in [2.05, 4.69) is 0 Å². The number of β-amino-alcohol motifs (C(OH)–C–C–N with tert-alkyl or cyclic N) is 1. The highest BCUT2D eigenvalue weighted by molar-refractivity contribution is 7.89. The van der Waals surface area contributed by atoms with Crippen LogP contribution in [0.2, 0.25) is 5.02 Å². The average Bonchev–Trinajstić information content (AvgIpc) is 2.42. The number of halogens is 1. The number of hydrogen-bond acceptors (Lipinski definition) is 4. The van der Waals surface area contributed by atoms with E-state index in [1.165, 1.54) is 22.5 Å². The Hall–Kier alpha value is -1.13. The second-order valence-electron chi connectivity index (χ2n) is 4.95. The van der Waals surface area contributed by atoms with Crippen LogP contribution < -0.4 is 0 Å². The maximum atomic E-state index is 12.5. The summed E-state index contributed by atoms with van der Waals surface area (Å²) in [6, 6.07) is 6.03. The van der Waals surface area contributed by atoms with Gasteiger partial charge >= 0.3 is 0 Å². The fourth-order valence-electron chi connectivity index (χ4n) is 2.15. The predicted molar refractivity (Wildman–Crippen MR) is 74.7 cm³/mol. The third-order valence-corrected chi connectivity index (χ3v) is 5.91. The lowest BCUT2D eigenvalue weighted by Gasteiger charge is -2.33. The summed E-state index contributed by atoms with van der Waals surface area (Å²) in [4.78, 5) is -0.0834. The van der Waals surface area contributed by atoms with E-state index in [0.717, 1.165) is 0 Å². The molecular weight excluding hydrogens is 300 g/mol. The van der Waals surface area contributed by atoms with Crippen molar-refractivity contribution in [1.29, 1.82) is 5.26 Å². The van der Waals surface area contributed by atoms with Crippen LogP contribution in [0.25, 0.3) is 0 Å². The summed E-state index contributed by atoms with van der Waals surface area (Å²) in [5.74, 6) is 0.0716. The van der Waals surface area contributed by atoms with Gasteiger partial charge in [-0.1, -0.05) is 18.5 Å². The molecule has 7 heteroatoms. The first-order valence-electron chi connectivity index (χ1n) is 6.24. The Morgan fingerprint density at radius 2 is 2.20 bits per heavy atom. The maximum Gasteiger partial charge on any atom is 0.244 e. The van der Waals surface area contributed by atoms with Crippen LogP contribution in [-0.2, 0) is 10.0 Å². The van der Waals surface area contributed by atoms with Gasteiger partial charge in [-0.3, -0.25) is 0 Å². The Labute approximate surface area is 123 Å². The lowest BCUT2D eigenvalue weighted by Crippen LogP contribution is -2.45. The van der Waals surface area contributed by atoms with E-state index in [1.54, 1.807) is 0 Å². The number of sulfonamides is 1. The summed E-state index contributed by atoms with van der Waals surface area (Å²) < 4.78 is 26.3. The number of nitrogens with zero attached hydrogens (tertiary/aromatic N) is 2. The number of benzene rings is 1. The second-order valence-corrected chi connectivity index (χ2v) is 7.27. The first-order chi connectivity index (χ1) is 9.36. The van der Waals surface area contributed by atoms with Gasteiger partial charge < -0.3 is 5.11 Å². The van der Waals surface area contributed by atoms with E-state index in [-0.39, 0.29) is 27.9 Å². The fourth-order valence-corrected chi connectivity index (χ4v) is 4.12. The van der Waals surface area contributed by atoms with Crippen molar-refractivity contribution in [3.8, 4) is 6.07 Å². The first-order valence-corrected chi connectivity index (χ1v) is 8.06. The monoisotopic (exact) mass is 314 g/mol. The molecule has 2 unspecified atom stereocenters. The highest BCUT2D eigenvalue weighted by Gasteiger charge is 2.34. The van der Waals surface area contributed by atoms with Gasteiger partial charge in [0.25, 0.3) is 0 Å². The number of hydrogen-bond donors (Lipinski definition) is 1. The molecule has 0 aliphatic carbocycles. The highest BCUT2D eigenvalue weighted by Crippen LogP contribution is 2.28. The number of rotatable bonds is 2.